The first-order valence-electron chi connectivity index (χ1n) is 11.9. The van der Waals surface area contributed by atoms with Crippen LogP contribution in [-0.2, 0) is 16.1 Å². The third-order valence-electron chi connectivity index (χ3n) is 8.71. The molecule has 0 saturated carbocycles. The summed E-state index contributed by atoms with van der Waals surface area (Å²) in [5, 5.41) is 1.29. The molecule has 0 N–H and O–H groups in total. The van der Waals surface area contributed by atoms with Gasteiger partial charge in [-0.1, -0.05) is 110 Å². The zero-order valence-corrected chi connectivity index (χ0v) is 23.7. The molecule has 0 amide bonds. The molecule has 174 valence electrons. The first-order chi connectivity index (χ1) is 14.1. The van der Waals surface area contributed by atoms with Crippen LogP contribution in [0.4, 0.5) is 0 Å². The standard InChI is InChI=1S/C27H46O2Si2/c1-26(2,3)30(7,8)25(31(9,10)27(4,5)6)22-16-17-23(19-28)24(18-22)29-20-21-14-12-11-13-15-21/h11-15,18-19,23-25H,16-17,20H2,1-10H3/t23-,24+/m0/s1. The minimum atomic E-state index is -1.67. The molecular weight excluding hydrogens is 412 g/mol. The van der Waals surface area contributed by atoms with Crippen LogP contribution in [0.5, 0.6) is 0 Å². The van der Waals surface area contributed by atoms with Gasteiger partial charge in [0.05, 0.1) is 28.9 Å². The summed E-state index contributed by atoms with van der Waals surface area (Å²) in [7, 11) is -3.33. The molecule has 0 fully saturated rings. The van der Waals surface area contributed by atoms with E-state index in [0.717, 1.165) is 24.7 Å². The van der Waals surface area contributed by atoms with E-state index in [1.807, 2.05) is 18.2 Å². The van der Waals surface area contributed by atoms with Gasteiger partial charge in [-0.15, -0.1) is 0 Å². The minimum absolute atomic E-state index is 0.0352. The third kappa shape index (κ3) is 5.69. The Labute approximate surface area is 193 Å². The van der Waals surface area contributed by atoms with E-state index in [0.29, 0.717) is 21.8 Å². The number of carbonyl (C=O) groups excluding carboxylic acids is 1. The van der Waals surface area contributed by atoms with Crippen LogP contribution in [0, 0.1) is 5.92 Å². The molecule has 0 bridgehead atoms. The van der Waals surface area contributed by atoms with Crippen LogP contribution < -0.4 is 0 Å². The van der Waals surface area contributed by atoms with Gasteiger partial charge in [0.2, 0.25) is 0 Å². The number of hydrogen-bond acceptors (Lipinski definition) is 2. The van der Waals surface area contributed by atoms with Crippen molar-refractivity contribution in [2.45, 2.75) is 109 Å². The number of ether oxygens (including phenoxy) is 1. The molecule has 1 aromatic rings. The average molecular weight is 459 g/mol. The van der Waals surface area contributed by atoms with Crippen LogP contribution in [-0.4, -0.2) is 28.5 Å². The average Bonchev–Trinajstić information content (AvgIpc) is 2.65. The molecule has 0 unspecified atom stereocenters. The molecule has 1 aromatic carbocycles. The topological polar surface area (TPSA) is 26.3 Å². The van der Waals surface area contributed by atoms with Gasteiger partial charge in [-0.2, -0.15) is 0 Å². The fraction of sp³-hybridized carbons (Fsp3) is 0.667. The van der Waals surface area contributed by atoms with Crippen molar-refractivity contribution in [2.75, 3.05) is 0 Å². The zero-order valence-electron chi connectivity index (χ0n) is 21.7. The summed E-state index contributed by atoms with van der Waals surface area (Å²) in [5.41, 5.74) is 2.76. The Morgan fingerprint density at radius 2 is 1.48 bits per heavy atom. The van der Waals surface area contributed by atoms with Gasteiger partial charge in [-0.05, 0) is 33.6 Å². The van der Waals surface area contributed by atoms with Crippen molar-refractivity contribution in [3.05, 3.63) is 47.5 Å². The number of rotatable bonds is 7. The van der Waals surface area contributed by atoms with Crippen molar-refractivity contribution in [2.24, 2.45) is 5.92 Å². The molecule has 0 heterocycles. The Kier molecular flexibility index (Phi) is 8.04. The highest BCUT2D eigenvalue weighted by Gasteiger charge is 2.55. The second-order valence-corrected chi connectivity index (χ2v) is 24.3. The predicted octanol–water partition coefficient (Wildman–Crippen LogP) is 8.03. The lowest BCUT2D eigenvalue weighted by Crippen LogP contribution is -2.57. The summed E-state index contributed by atoms with van der Waals surface area (Å²) in [6, 6.07) is 10.3. The van der Waals surface area contributed by atoms with Gasteiger partial charge in [-0.25, -0.2) is 0 Å². The number of allylic oxidation sites excluding steroid dienone is 1. The van der Waals surface area contributed by atoms with Gasteiger partial charge in [0.1, 0.15) is 6.29 Å². The number of hydrogen-bond donors (Lipinski definition) is 0. The van der Waals surface area contributed by atoms with Gasteiger partial charge in [0.15, 0.2) is 0 Å². The molecule has 0 aromatic heterocycles. The Hall–Kier alpha value is -0.976. The van der Waals surface area contributed by atoms with Crippen molar-refractivity contribution in [3.63, 3.8) is 0 Å². The van der Waals surface area contributed by atoms with Crippen molar-refractivity contribution in [3.8, 4) is 0 Å². The molecule has 1 aliphatic carbocycles. The van der Waals surface area contributed by atoms with E-state index in [9.17, 15) is 4.79 Å². The van der Waals surface area contributed by atoms with Crippen molar-refractivity contribution >= 4 is 22.4 Å². The lowest BCUT2D eigenvalue weighted by Gasteiger charge is -2.55. The minimum Gasteiger partial charge on any atom is -0.369 e. The van der Waals surface area contributed by atoms with Gasteiger partial charge in [0.25, 0.3) is 0 Å². The molecule has 4 heteroatoms. The molecule has 0 aliphatic heterocycles. The maximum atomic E-state index is 11.9. The van der Waals surface area contributed by atoms with Crippen LogP contribution in [0.15, 0.2) is 42.0 Å². The molecule has 0 spiro atoms. The van der Waals surface area contributed by atoms with E-state index < -0.39 is 16.1 Å². The number of aldehydes is 1. The second-order valence-electron chi connectivity index (χ2n) is 12.7. The van der Waals surface area contributed by atoms with Crippen LogP contribution in [0.1, 0.15) is 59.9 Å². The van der Waals surface area contributed by atoms with Crippen molar-refractivity contribution < 1.29 is 9.53 Å². The highest BCUT2D eigenvalue weighted by molar-refractivity contribution is 7.00. The van der Waals surface area contributed by atoms with E-state index in [4.69, 9.17) is 4.74 Å². The molecule has 0 saturated heterocycles. The number of benzene rings is 1. The number of carbonyl (C=O) groups is 1. The predicted molar refractivity (Wildman–Crippen MR) is 140 cm³/mol. The maximum absolute atomic E-state index is 11.9. The summed E-state index contributed by atoms with van der Waals surface area (Å²) in [5.74, 6) is -0.0352. The Bertz CT molecular complexity index is 741. The first kappa shape index (κ1) is 26.3. The summed E-state index contributed by atoms with van der Waals surface area (Å²) < 4.78 is 6.37. The summed E-state index contributed by atoms with van der Waals surface area (Å²) in [4.78, 5) is 11.9. The maximum Gasteiger partial charge on any atom is 0.126 e. The van der Waals surface area contributed by atoms with Crippen molar-refractivity contribution in [1.82, 2.24) is 0 Å². The largest absolute Gasteiger partial charge is 0.369 e. The quantitative estimate of drug-likeness (QED) is 0.235. The summed E-state index contributed by atoms with van der Waals surface area (Å²) in [6.07, 6.45) is 5.35. The molecular formula is C27H46O2Si2. The lowest BCUT2D eigenvalue weighted by atomic mass is 9.88. The second kappa shape index (κ2) is 9.48. The smallest absolute Gasteiger partial charge is 0.126 e. The van der Waals surface area contributed by atoms with Crippen molar-refractivity contribution in [1.29, 1.82) is 0 Å². The Morgan fingerprint density at radius 3 is 1.94 bits per heavy atom. The van der Waals surface area contributed by atoms with E-state index in [1.54, 1.807) is 5.57 Å². The molecule has 0 radical (unpaired) electrons. The molecule has 2 atom stereocenters. The normalized spacial score (nSPS) is 21.2. The molecule has 1 aliphatic rings. The summed E-state index contributed by atoms with van der Waals surface area (Å²) in [6.45, 7) is 25.6. The van der Waals surface area contributed by atoms with E-state index in [2.05, 4.69) is 85.9 Å². The van der Waals surface area contributed by atoms with Crippen LogP contribution in [0.25, 0.3) is 0 Å². The zero-order chi connectivity index (χ0) is 23.7. The molecule has 31 heavy (non-hydrogen) atoms. The van der Waals surface area contributed by atoms with Gasteiger partial charge in [-0.3, -0.25) is 0 Å². The van der Waals surface area contributed by atoms with Crippen LogP contribution in [0.3, 0.4) is 0 Å². The molecule has 2 rings (SSSR count). The van der Waals surface area contributed by atoms with Crippen LogP contribution in [0.2, 0.25) is 41.4 Å². The fourth-order valence-corrected chi connectivity index (χ4v) is 18.8. The molecule has 2 nitrogen and oxygen atoms in total. The van der Waals surface area contributed by atoms with E-state index >= 15 is 0 Å². The summed E-state index contributed by atoms with van der Waals surface area (Å²) >= 11 is 0. The van der Waals surface area contributed by atoms with Gasteiger partial charge in [0, 0.05) is 5.92 Å². The van der Waals surface area contributed by atoms with Gasteiger partial charge < -0.3 is 9.53 Å². The fourth-order valence-electron chi connectivity index (χ4n) is 4.94. The van der Waals surface area contributed by atoms with Crippen LogP contribution >= 0.6 is 0 Å². The first-order valence-corrected chi connectivity index (χ1v) is 18.1. The highest BCUT2D eigenvalue weighted by Crippen LogP contribution is 2.57. The third-order valence-corrected chi connectivity index (χ3v) is 24.4. The highest BCUT2D eigenvalue weighted by atomic mass is 28.4. The Balaban J connectivity index is 2.48. The lowest BCUT2D eigenvalue weighted by molar-refractivity contribution is -0.115. The van der Waals surface area contributed by atoms with E-state index in [-0.39, 0.29) is 12.0 Å². The monoisotopic (exact) mass is 458 g/mol. The SMILES string of the molecule is CC(C)(C)[Si](C)(C)C(C1=C[C@@H](OCc2ccccc2)[C@H](C=O)CC1)[Si](C)(C)C(C)(C)C. The van der Waals surface area contributed by atoms with E-state index in [1.165, 1.54) is 0 Å². The Morgan fingerprint density at radius 1 is 0.968 bits per heavy atom. The van der Waals surface area contributed by atoms with Gasteiger partial charge >= 0.3 is 0 Å².